The first-order valence-electron chi connectivity index (χ1n) is 10.1. The Bertz CT molecular complexity index is 1250. The van der Waals surface area contributed by atoms with Crippen molar-refractivity contribution in [2.45, 2.75) is 45.1 Å². The first kappa shape index (κ1) is 28.8. The summed E-state index contributed by atoms with van der Waals surface area (Å²) >= 11 is 0. The van der Waals surface area contributed by atoms with Gasteiger partial charge in [0, 0.05) is 12.8 Å². The summed E-state index contributed by atoms with van der Waals surface area (Å²) in [6.07, 6.45) is -0.380. The van der Waals surface area contributed by atoms with Crippen LogP contribution in [0.5, 0.6) is 0 Å². The van der Waals surface area contributed by atoms with E-state index in [1.807, 2.05) is 0 Å². The number of nitrogen functional groups attached to an aromatic ring is 1. The molecule has 202 valence electrons. The molecule has 36 heavy (non-hydrogen) atoms. The van der Waals surface area contributed by atoms with Gasteiger partial charge in [-0.15, -0.1) is 0 Å². The maximum Gasteiger partial charge on any atom is 0.490 e. The zero-order chi connectivity index (χ0) is 26.9. The quantitative estimate of drug-likeness (QED) is 0.185. The molecule has 0 aliphatic carbocycles. The highest BCUT2D eigenvalue weighted by atomic mass is 31.3. The molecule has 0 aromatic carbocycles. The van der Waals surface area contributed by atoms with Crippen LogP contribution in [0.25, 0.3) is 11.2 Å². The lowest BCUT2D eigenvalue weighted by Crippen LogP contribution is -2.31. The predicted octanol–water partition coefficient (Wildman–Crippen LogP) is 0.997. The molecule has 1 fully saturated rings. The van der Waals surface area contributed by atoms with E-state index in [0.717, 1.165) is 0 Å². The molecule has 6 N–H and O–H groups in total. The van der Waals surface area contributed by atoms with E-state index in [1.165, 1.54) is 17.2 Å². The molecule has 2 aromatic heterocycles. The minimum Gasteiger partial charge on any atom is -0.459 e. The lowest BCUT2D eigenvalue weighted by molar-refractivity contribution is -0.153. The molecule has 0 radical (unpaired) electrons. The van der Waals surface area contributed by atoms with Gasteiger partial charge in [0.15, 0.2) is 11.5 Å². The predicted molar refractivity (Wildman–Crippen MR) is 117 cm³/mol. The third-order valence-corrected chi connectivity index (χ3v) is 8.36. The third-order valence-electron chi connectivity index (χ3n) is 4.55. The van der Waals surface area contributed by atoms with Crippen LogP contribution in [0.2, 0.25) is 0 Å². The number of nitrogens with zero attached hydrogens (tertiary/aromatic N) is 4. The number of hydrogen-bond acceptors (Lipinski definition) is 13. The van der Waals surface area contributed by atoms with Crippen LogP contribution in [0.3, 0.4) is 0 Å². The van der Waals surface area contributed by atoms with Crippen LogP contribution in [0.15, 0.2) is 12.7 Å². The van der Waals surface area contributed by atoms with Crippen molar-refractivity contribution in [3.63, 3.8) is 0 Å². The van der Waals surface area contributed by atoms with Gasteiger partial charge in [-0.3, -0.25) is 13.9 Å². The van der Waals surface area contributed by atoms with Crippen molar-refractivity contribution in [1.29, 1.82) is 0 Å². The maximum atomic E-state index is 12.3. The second-order valence-corrected chi connectivity index (χ2v) is 12.4. The van der Waals surface area contributed by atoms with Crippen LogP contribution in [0, 0.1) is 5.92 Å². The van der Waals surface area contributed by atoms with E-state index in [1.54, 1.807) is 13.8 Å². The van der Waals surface area contributed by atoms with E-state index < -0.39 is 54.5 Å². The van der Waals surface area contributed by atoms with Crippen molar-refractivity contribution < 1.29 is 60.7 Å². The Morgan fingerprint density at radius 2 is 1.86 bits per heavy atom. The van der Waals surface area contributed by atoms with Crippen LogP contribution in [0.1, 0.15) is 32.9 Å². The Morgan fingerprint density at radius 3 is 2.50 bits per heavy atom. The van der Waals surface area contributed by atoms with Crippen LogP contribution in [-0.2, 0) is 41.1 Å². The highest BCUT2D eigenvalue weighted by Crippen LogP contribution is 2.66. The van der Waals surface area contributed by atoms with E-state index in [4.69, 9.17) is 25.0 Å². The summed E-state index contributed by atoms with van der Waals surface area (Å²) in [6, 6.07) is 0. The summed E-state index contributed by atoms with van der Waals surface area (Å²) in [4.78, 5) is 60.6. The van der Waals surface area contributed by atoms with Gasteiger partial charge in [-0.25, -0.2) is 28.6 Å². The fourth-order valence-corrected chi connectivity index (χ4v) is 6.28. The fraction of sp³-hybridized carbons (Fsp3) is 0.600. The molecule has 18 nitrogen and oxygen atoms in total. The topological polar surface area (TPSA) is 265 Å². The molecular weight excluding hydrogens is 551 g/mol. The van der Waals surface area contributed by atoms with Gasteiger partial charge in [0.2, 0.25) is 0 Å². The van der Waals surface area contributed by atoms with Crippen LogP contribution in [-0.4, -0.2) is 63.9 Å². The number of hydrogen-bond donors (Lipinski definition) is 5. The number of fused-ring (bicyclic) bond motifs is 1. The highest BCUT2D eigenvalue weighted by Gasteiger charge is 2.44. The molecule has 0 spiro atoms. The monoisotopic (exact) mass is 575 g/mol. The van der Waals surface area contributed by atoms with Crippen LogP contribution < -0.4 is 5.73 Å². The van der Waals surface area contributed by atoms with E-state index in [0.29, 0.717) is 5.65 Å². The van der Waals surface area contributed by atoms with Gasteiger partial charge in [0.1, 0.15) is 30.3 Å². The van der Waals surface area contributed by atoms with Crippen molar-refractivity contribution in [3.8, 4) is 0 Å². The van der Waals surface area contributed by atoms with Crippen LogP contribution in [0.4, 0.5) is 5.82 Å². The van der Waals surface area contributed by atoms with Gasteiger partial charge in [-0.2, -0.15) is 8.62 Å². The minimum atomic E-state index is -5.70. The molecular formula is C15H24N5O13P3. The number of anilines is 1. The lowest BCUT2D eigenvalue weighted by Gasteiger charge is -2.21. The minimum absolute atomic E-state index is 0.0265. The van der Waals surface area contributed by atoms with Gasteiger partial charge >= 0.3 is 29.4 Å². The molecule has 3 rings (SSSR count). The summed E-state index contributed by atoms with van der Waals surface area (Å²) in [7, 11) is -16.7. The molecule has 1 saturated heterocycles. The number of imidazole rings is 1. The highest BCUT2D eigenvalue weighted by molar-refractivity contribution is 7.66. The smallest absolute Gasteiger partial charge is 0.459 e. The third kappa shape index (κ3) is 7.84. The van der Waals surface area contributed by atoms with Crippen molar-refractivity contribution >= 4 is 46.4 Å². The summed E-state index contributed by atoms with van der Waals surface area (Å²) in [6.45, 7) is 2.79. The van der Waals surface area contributed by atoms with Gasteiger partial charge in [-0.05, 0) is 5.92 Å². The molecule has 0 saturated carbocycles. The van der Waals surface area contributed by atoms with E-state index in [9.17, 15) is 28.3 Å². The second kappa shape index (κ2) is 10.9. The zero-order valence-corrected chi connectivity index (χ0v) is 21.4. The summed E-state index contributed by atoms with van der Waals surface area (Å²) in [5, 5.41) is 0. The number of phosphoric ester groups is 1. The number of nitrogens with two attached hydrogens (primary N) is 1. The van der Waals surface area contributed by atoms with Gasteiger partial charge in [0.05, 0.1) is 12.9 Å². The SMILES string of the molecule is CC(C)CC(=O)OC1CC(n2cnc3c(N)ncnc32)OC1COP(=O)(O)OP(=O)(O)OP(=O)(O)O. The molecule has 3 heterocycles. The van der Waals surface area contributed by atoms with E-state index in [-0.39, 0.29) is 30.1 Å². The standard InChI is InChI=1S/C15H24N5O13P3/c1-8(2)3-12(21)31-9-4-11(20-7-19-13-14(16)17-6-18-15(13)20)30-10(9)5-29-35(25,26)33-36(27,28)32-34(22,23)24/h6-11H,3-5H2,1-2H3,(H,25,26)(H,27,28)(H2,16,17,18)(H2,22,23,24). The van der Waals surface area contributed by atoms with Crippen LogP contribution >= 0.6 is 23.5 Å². The first-order valence-corrected chi connectivity index (χ1v) is 14.6. The summed E-state index contributed by atoms with van der Waals surface area (Å²) < 4.78 is 59.2. The van der Waals surface area contributed by atoms with Crippen molar-refractivity contribution in [2.75, 3.05) is 12.3 Å². The number of aromatic nitrogens is 4. The number of rotatable bonds is 11. The van der Waals surface area contributed by atoms with E-state index in [2.05, 4.69) is 28.1 Å². The van der Waals surface area contributed by atoms with E-state index >= 15 is 0 Å². The van der Waals surface area contributed by atoms with Crippen molar-refractivity contribution in [1.82, 2.24) is 19.5 Å². The normalized spacial score (nSPS) is 24.0. The number of carbonyl (C=O) groups is 1. The molecule has 0 bridgehead atoms. The van der Waals surface area contributed by atoms with Gasteiger partial charge < -0.3 is 34.8 Å². The number of ether oxygens (including phenoxy) is 2. The Kier molecular flexibility index (Phi) is 8.70. The van der Waals surface area contributed by atoms with Crippen molar-refractivity contribution in [3.05, 3.63) is 12.7 Å². The molecule has 21 heteroatoms. The largest absolute Gasteiger partial charge is 0.490 e. The Balaban J connectivity index is 1.76. The van der Waals surface area contributed by atoms with Gasteiger partial charge in [-0.1, -0.05) is 13.8 Å². The fourth-order valence-electron chi connectivity index (χ4n) is 3.25. The average Bonchev–Trinajstić information content (AvgIpc) is 3.27. The molecule has 0 amide bonds. The second-order valence-electron chi connectivity index (χ2n) is 7.96. The lowest BCUT2D eigenvalue weighted by atomic mass is 10.1. The molecule has 1 aliphatic rings. The van der Waals surface area contributed by atoms with Gasteiger partial charge in [0.25, 0.3) is 0 Å². The molecule has 1 aliphatic heterocycles. The molecule has 2 aromatic rings. The average molecular weight is 575 g/mol. The number of phosphoric acid groups is 3. The Morgan fingerprint density at radius 1 is 1.17 bits per heavy atom. The Hall–Kier alpha value is -1.81. The maximum absolute atomic E-state index is 12.3. The summed E-state index contributed by atoms with van der Waals surface area (Å²) in [5.74, 6) is -0.494. The zero-order valence-electron chi connectivity index (χ0n) is 18.8. The van der Waals surface area contributed by atoms with Crippen molar-refractivity contribution in [2.24, 2.45) is 5.92 Å². The molecule has 5 atom stereocenters. The molecule has 5 unspecified atom stereocenters. The number of esters is 1. The first-order chi connectivity index (χ1) is 16.6. The number of carbonyl (C=O) groups excluding carboxylic acids is 1. The summed E-state index contributed by atoms with van der Waals surface area (Å²) in [5.41, 5.74) is 6.37. The Labute approximate surface area is 203 Å².